The van der Waals surface area contributed by atoms with Gasteiger partial charge in [0.15, 0.2) is 0 Å². The second kappa shape index (κ2) is 4.13. The maximum atomic E-state index is 12.0. The van der Waals surface area contributed by atoms with Gasteiger partial charge < -0.3 is 10.6 Å². The van der Waals surface area contributed by atoms with Crippen LogP contribution in [-0.4, -0.2) is 30.4 Å². The third-order valence-corrected chi connectivity index (χ3v) is 2.81. The number of carbonyl (C=O) groups excluding carboxylic acids is 1. The molecule has 14 heavy (non-hydrogen) atoms. The summed E-state index contributed by atoms with van der Waals surface area (Å²) in [6.45, 7) is 7.90. The molecule has 80 valence electrons. The minimum Gasteiger partial charge on any atom is -0.338 e. The SMILES string of the molecule is CC1=CCN(C(=O)C(C)(C)CN)CC1. The van der Waals surface area contributed by atoms with Crippen LogP contribution in [0, 0.1) is 5.41 Å². The van der Waals surface area contributed by atoms with Crippen molar-refractivity contribution in [2.75, 3.05) is 19.6 Å². The molecule has 3 heteroatoms. The predicted molar refractivity (Wildman–Crippen MR) is 57.8 cm³/mol. The summed E-state index contributed by atoms with van der Waals surface area (Å²) in [4.78, 5) is 13.9. The third kappa shape index (κ3) is 2.35. The van der Waals surface area contributed by atoms with E-state index in [-0.39, 0.29) is 5.91 Å². The molecular formula is C11H20N2O. The summed E-state index contributed by atoms with van der Waals surface area (Å²) in [5, 5.41) is 0. The molecule has 1 aliphatic heterocycles. The van der Waals surface area contributed by atoms with Gasteiger partial charge in [0, 0.05) is 19.6 Å². The normalized spacial score (nSPS) is 18.0. The summed E-state index contributed by atoms with van der Waals surface area (Å²) >= 11 is 0. The van der Waals surface area contributed by atoms with Gasteiger partial charge in [-0.3, -0.25) is 4.79 Å². The van der Waals surface area contributed by atoms with Crippen molar-refractivity contribution in [2.45, 2.75) is 27.2 Å². The molecule has 0 saturated heterocycles. The van der Waals surface area contributed by atoms with Gasteiger partial charge in [-0.25, -0.2) is 0 Å². The number of rotatable bonds is 2. The lowest BCUT2D eigenvalue weighted by molar-refractivity contribution is -0.139. The average Bonchev–Trinajstić information content (AvgIpc) is 2.18. The molecule has 0 aromatic heterocycles. The van der Waals surface area contributed by atoms with E-state index >= 15 is 0 Å². The van der Waals surface area contributed by atoms with E-state index in [2.05, 4.69) is 13.0 Å². The van der Waals surface area contributed by atoms with Crippen LogP contribution in [-0.2, 0) is 4.79 Å². The first-order valence-electron chi connectivity index (χ1n) is 5.12. The zero-order chi connectivity index (χ0) is 10.8. The zero-order valence-corrected chi connectivity index (χ0v) is 9.34. The largest absolute Gasteiger partial charge is 0.338 e. The van der Waals surface area contributed by atoms with Crippen molar-refractivity contribution in [1.82, 2.24) is 4.90 Å². The van der Waals surface area contributed by atoms with Crippen molar-refractivity contribution in [2.24, 2.45) is 11.1 Å². The molecule has 3 nitrogen and oxygen atoms in total. The molecule has 0 aromatic rings. The fourth-order valence-electron chi connectivity index (χ4n) is 1.47. The first kappa shape index (κ1) is 11.2. The summed E-state index contributed by atoms with van der Waals surface area (Å²) in [6, 6.07) is 0. The standard InChI is InChI=1S/C11H20N2O/c1-9-4-6-13(7-5-9)10(14)11(2,3)8-12/h4H,5-8,12H2,1-3H3. The molecule has 0 bridgehead atoms. The van der Waals surface area contributed by atoms with Crippen molar-refractivity contribution < 1.29 is 4.79 Å². The smallest absolute Gasteiger partial charge is 0.229 e. The molecule has 0 atom stereocenters. The fraction of sp³-hybridized carbons (Fsp3) is 0.727. The van der Waals surface area contributed by atoms with E-state index in [1.165, 1.54) is 5.57 Å². The fourth-order valence-corrected chi connectivity index (χ4v) is 1.47. The molecule has 1 rings (SSSR count). The van der Waals surface area contributed by atoms with Crippen molar-refractivity contribution in [1.29, 1.82) is 0 Å². The number of nitrogens with two attached hydrogens (primary N) is 1. The maximum absolute atomic E-state index is 12.0. The van der Waals surface area contributed by atoms with Gasteiger partial charge >= 0.3 is 0 Å². The highest BCUT2D eigenvalue weighted by Crippen LogP contribution is 2.20. The Morgan fingerprint density at radius 3 is 2.71 bits per heavy atom. The molecule has 0 spiro atoms. The highest BCUT2D eigenvalue weighted by atomic mass is 16.2. The van der Waals surface area contributed by atoms with E-state index < -0.39 is 5.41 Å². The van der Waals surface area contributed by atoms with E-state index in [1.807, 2.05) is 18.7 Å². The van der Waals surface area contributed by atoms with Crippen LogP contribution < -0.4 is 5.73 Å². The second-order valence-corrected chi connectivity index (χ2v) is 4.64. The molecule has 0 aromatic carbocycles. The minimum atomic E-state index is -0.418. The van der Waals surface area contributed by atoms with Gasteiger partial charge in [0.05, 0.1) is 5.41 Å². The van der Waals surface area contributed by atoms with Crippen LogP contribution in [0.15, 0.2) is 11.6 Å². The lowest BCUT2D eigenvalue weighted by atomic mass is 9.91. The van der Waals surface area contributed by atoms with Crippen LogP contribution in [0.4, 0.5) is 0 Å². The summed E-state index contributed by atoms with van der Waals surface area (Å²) < 4.78 is 0. The predicted octanol–water partition coefficient (Wildman–Crippen LogP) is 1.15. The van der Waals surface area contributed by atoms with Gasteiger partial charge in [-0.15, -0.1) is 0 Å². The molecular weight excluding hydrogens is 176 g/mol. The van der Waals surface area contributed by atoms with E-state index in [1.54, 1.807) is 0 Å². The molecule has 0 aliphatic carbocycles. The Morgan fingerprint density at radius 2 is 2.29 bits per heavy atom. The Morgan fingerprint density at radius 1 is 1.64 bits per heavy atom. The van der Waals surface area contributed by atoms with Crippen LogP contribution in [0.5, 0.6) is 0 Å². The number of amides is 1. The van der Waals surface area contributed by atoms with Crippen LogP contribution in [0.25, 0.3) is 0 Å². The third-order valence-electron chi connectivity index (χ3n) is 2.81. The van der Waals surface area contributed by atoms with Gasteiger partial charge in [0.25, 0.3) is 0 Å². The van der Waals surface area contributed by atoms with Crippen LogP contribution in [0.2, 0.25) is 0 Å². The lowest BCUT2D eigenvalue weighted by Gasteiger charge is -2.32. The number of carbonyl (C=O) groups is 1. The van der Waals surface area contributed by atoms with Gasteiger partial charge in [0.1, 0.15) is 0 Å². The topological polar surface area (TPSA) is 46.3 Å². The molecule has 0 fully saturated rings. The highest BCUT2D eigenvalue weighted by Gasteiger charge is 2.30. The molecule has 1 aliphatic rings. The van der Waals surface area contributed by atoms with E-state index in [4.69, 9.17) is 5.73 Å². The van der Waals surface area contributed by atoms with E-state index in [0.29, 0.717) is 6.54 Å². The molecule has 0 radical (unpaired) electrons. The Balaban J connectivity index is 2.63. The molecule has 1 heterocycles. The van der Waals surface area contributed by atoms with Gasteiger partial charge in [-0.05, 0) is 27.2 Å². The number of hydrogen-bond acceptors (Lipinski definition) is 2. The lowest BCUT2D eigenvalue weighted by Crippen LogP contribution is -2.46. The summed E-state index contributed by atoms with van der Waals surface area (Å²) in [5.41, 5.74) is 6.54. The highest BCUT2D eigenvalue weighted by molar-refractivity contribution is 5.82. The van der Waals surface area contributed by atoms with Crippen LogP contribution in [0.1, 0.15) is 27.2 Å². The summed E-state index contributed by atoms with van der Waals surface area (Å²) in [6.07, 6.45) is 3.11. The summed E-state index contributed by atoms with van der Waals surface area (Å²) in [7, 11) is 0. The quantitative estimate of drug-likeness (QED) is 0.673. The Hall–Kier alpha value is -0.830. The number of hydrogen-bond donors (Lipinski definition) is 1. The van der Waals surface area contributed by atoms with Gasteiger partial charge in [0.2, 0.25) is 5.91 Å². The Kier molecular flexibility index (Phi) is 3.32. The van der Waals surface area contributed by atoms with E-state index in [0.717, 1.165) is 19.5 Å². The monoisotopic (exact) mass is 196 g/mol. The maximum Gasteiger partial charge on any atom is 0.229 e. The van der Waals surface area contributed by atoms with Crippen molar-refractivity contribution >= 4 is 5.91 Å². The first-order valence-corrected chi connectivity index (χ1v) is 5.12. The molecule has 0 unspecified atom stereocenters. The molecule has 1 amide bonds. The van der Waals surface area contributed by atoms with Gasteiger partial charge in [-0.1, -0.05) is 11.6 Å². The summed E-state index contributed by atoms with van der Waals surface area (Å²) in [5.74, 6) is 0.170. The Bertz CT molecular complexity index is 256. The molecule has 2 N–H and O–H groups in total. The zero-order valence-electron chi connectivity index (χ0n) is 9.34. The van der Waals surface area contributed by atoms with Crippen molar-refractivity contribution in [3.8, 4) is 0 Å². The second-order valence-electron chi connectivity index (χ2n) is 4.64. The Labute approximate surface area is 86.0 Å². The van der Waals surface area contributed by atoms with Gasteiger partial charge in [-0.2, -0.15) is 0 Å². The van der Waals surface area contributed by atoms with E-state index in [9.17, 15) is 4.79 Å². The minimum absolute atomic E-state index is 0.170. The van der Waals surface area contributed by atoms with Crippen molar-refractivity contribution in [3.63, 3.8) is 0 Å². The van der Waals surface area contributed by atoms with Crippen LogP contribution in [0.3, 0.4) is 0 Å². The van der Waals surface area contributed by atoms with Crippen molar-refractivity contribution in [3.05, 3.63) is 11.6 Å². The molecule has 0 saturated carbocycles. The average molecular weight is 196 g/mol. The first-order chi connectivity index (χ1) is 6.47. The van der Waals surface area contributed by atoms with Crippen LogP contribution >= 0.6 is 0 Å². The number of nitrogens with zero attached hydrogens (tertiary/aromatic N) is 1.